The van der Waals surface area contributed by atoms with E-state index in [1.54, 1.807) is 0 Å². The molecule has 0 aromatic rings. The molecule has 78 heavy (non-hydrogen) atoms. The quantitative estimate of drug-likeness (QED) is 0.0261. The molecule has 0 fully saturated rings. The molecule has 0 rings (SSSR count). The van der Waals surface area contributed by atoms with Gasteiger partial charge in [-0.1, -0.05) is 249 Å². The molecule has 0 heterocycles. The zero-order valence-corrected chi connectivity index (χ0v) is 50.1. The second kappa shape index (κ2) is 64.6. The van der Waals surface area contributed by atoms with Crippen molar-refractivity contribution < 1.29 is 28.6 Å². The van der Waals surface area contributed by atoms with E-state index in [9.17, 15) is 14.4 Å². The molecular weight excluding hydrogens is 961 g/mol. The topological polar surface area (TPSA) is 78.9 Å². The van der Waals surface area contributed by atoms with E-state index in [-0.39, 0.29) is 44.0 Å². The maximum atomic E-state index is 12.9. The standard InChI is InChI=1S/C72H114O6/c1-4-7-10-13-16-19-22-25-28-31-34-36-38-41-44-47-50-53-56-59-62-65-71(74)77-68-69(67-76-70(73)64-61-58-55-52-49-46-43-40-33-30-27-24-21-18-15-12-9-6-3)78-72(75)66-63-60-57-54-51-48-45-42-39-37-35-32-29-26-23-20-17-14-11-8-5-2/h7-8,10-11,16-17,19-20,25-26,28-30,33-37,41-42,44-45,50-51,53-54,69H,4-6,9,12-15,18,21-24,27,31-32,38-40,43,46-49,52,55-68H2,1-3H3/b10-7-,11-8-,19-16-,20-17-,28-25-,29-26-,33-30-,36-34-,37-35-,44-41-,45-42-,53-50-,54-51-. The molecule has 0 aromatic carbocycles. The molecule has 6 nitrogen and oxygen atoms in total. The first-order chi connectivity index (χ1) is 38.5. The Morgan fingerprint density at radius 2 is 0.500 bits per heavy atom. The monoisotopic (exact) mass is 1070 g/mol. The van der Waals surface area contributed by atoms with Crippen LogP contribution in [0.3, 0.4) is 0 Å². The van der Waals surface area contributed by atoms with Crippen LogP contribution in [0.4, 0.5) is 0 Å². The van der Waals surface area contributed by atoms with Gasteiger partial charge >= 0.3 is 17.9 Å². The minimum absolute atomic E-state index is 0.118. The van der Waals surface area contributed by atoms with Gasteiger partial charge in [0.25, 0.3) is 0 Å². The van der Waals surface area contributed by atoms with Gasteiger partial charge in [0.1, 0.15) is 13.2 Å². The van der Waals surface area contributed by atoms with Gasteiger partial charge < -0.3 is 14.2 Å². The predicted molar refractivity (Wildman–Crippen MR) is 338 cm³/mol. The Morgan fingerprint density at radius 3 is 0.821 bits per heavy atom. The van der Waals surface area contributed by atoms with Crippen molar-refractivity contribution in [3.05, 3.63) is 158 Å². The van der Waals surface area contributed by atoms with Crippen LogP contribution in [0.2, 0.25) is 0 Å². The molecule has 6 heteroatoms. The van der Waals surface area contributed by atoms with Crippen molar-refractivity contribution in [2.75, 3.05) is 13.2 Å². The van der Waals surface area contributed by atoms with Crippen LogP contribution in [-0.2, 0) is 28.6 Å². The molecule has 0 aliphatic carbocycles. The summed E-state index contributed by atoms with van der Waals surface area (Å²) in [5.74, 6) is -1.01. The first-order valence-electron chi connectivity index (χ1n) is 31.5. The number of carbonyl (C=O) groups excluding carboxylic acids is 3. The first-order valence-corrected chi connectivity index (χ1v) is 31.5. The smallest absolute Gasteiger partial charge is 0.306 e. The normalized spacial score (nSPS) is 13.2. The highest BCUT2D eigenvalue weighted by Crippen LogP contribution is 2.14. The van der Waals surface area contributed by atoms with Crippen LogP contribution in [0.1, 0.15) is 258 Å². The van der Waals surface area contributed by atoms with Crippen LogP contribution in [0.15, 0.2) is 158 Å². The average Bonchev–Trinajstić information content (AvgIpc) is 3.44. The molecule has 0 bridgehead atoms. The lowest BCUT2D eigenvalue weighted by molar-refractivity contribution is -0.167. The summed E-state index contributed by atoms with van der Waals surface area (Å²) in [4.78, 5) is 38.3. The molecular formula is C72H114O6. The van der Waals surface area contributed by atoms with E-state index in [1.807, 2.05) is 0 Å². The highest BCUT2D eigenvalue weighted by atomic mass is 16.6. The Bertz CT molecular complexity index is 1760. The lowest BCUT2D eigenvalue weighted by Crippen LogP contribution is -2.30. The second-order valence-corrected chi connectivity index (χ2v) is 20.2. The average molecular weight is 1080 g/mol. The molecule has 0 aliphatic heterocycles. The van der Waals surface area contributed by atoms with E-state index < -0.39 is 6.10 Å². The summed E-state index contributed by atoms with van der Waals surface area (Å²) in [5, 5.41) is 0. The minimum atomic E-state index is -0.831. The second-order valence-electron chi connectivity index (χ2n) is 20.2. The third-order valence-corrected chi connectivity index (χ3v) is 12.7. The van der Waals surface area contributed by atoms with E-state index in [2.05, 4.69) is 179 Å². The van der Waals surface area contributed by atoms with Gasteiger partial charge in [0.05, 0.1) is 0 Å². The van der Waals surface area contributed by atoms with E-state index >= 15 is 0 Å². The molecule has 0 N–H and O–H groups in total. The summed E-state index contributed by atoms with van der Waals surface area (Å²) in [7, 11) is 0. The van der Waals surface area contributed by atoms with Crippen LogP contribution < -0.4 is 0 Å². The lowest BCUT2D eigenvalue weighted by atomic mass is 10.1. The number of esters is 3. The van der Waals surface area contributed by atoms with Crippen LogP contribution in [0.25, 0.3) is 0 Å². The molecule has 0 aromatic heterocycles. The van der Waals surface area contributed by atoms with Crippen LogP contribution >= 0.6 is 0 Å². The highest BCUT2D eigenvalue weighted by Gasteiger charge is 2.19. The lowest BCUT2D eigenvalue weighted by Gasteiger charge is -2.18. The Labute approximate surface area is 480 Å². The maximum Gasteiger partial charge on any atom is 0.306 e. The molecule has 0 amide bonds. The van der Waals surface area contributed by atoms with E-state index in [4.69, 9.17) is 14.2 Å². The Hall–Kier alpha value is -4.97. The fourth-order valence-corrected chi connectivity index (χ4v) is 8.09. The largest absolute Gasteiger partial charge is 0.462 e. The first kappa shape index (κ1) is 73.0. The van der Waals surface area contributed by atoms with Crippen molar-refractivity contribution in [3.8, 4) is 0 Å². The predicted octanol–water partition coefficient (Wildman–Crippen LogP) is 21.7. The van der Waals surface area contributed by atoms with E-state index in [0.717, 1.165) is 122 Å². The summed E-state index contributed by atoms with van der Waals surface area (Å²) in [6, 6.07) is 0. The Kier molecular flexibility index (Phi) is 60.4. The summed E-state index contributed by atoms with van der Waals surface area (Å²) in [6.45, 7) is 6.33. The number of unbranched alkanes of at least 4 members (excludes halogenated alkanes) is 18. The number of carbonyl (C=O) groups is 3. The fourth-order valence-electron chi connectivity index (χ4n) is 8.09. The van der Waals surface area contributed by atoms with Crippen molar-refractivity contribution in [2.45, 2.75) is 264 Å². The van der Waals surface area contributed by atoms with E-state index in [0.29, 0.717) is 19.3 Å². The minimum Gasteiger partial charge on any atom is -0.462 e. The van der Waals surface area contributed by atoms with Gasteiger partial charge in [-0.25, -0.2) is 0 Å². The Morgan fingerprint density at radius 1 is 0.269 bits per heavy atom. The van der Waals surface area contributed by atoms with Crippen molar-refractivity contribution in [3.63, 3.8) is 0 Å². The van der Waals surface area contributed by atoms with Gasteiger partial charge in [0.15, 0.2) is 6.10 Å². The molecule has 438 valence electrons. The molecule has 0 spiro atoms. The highest BCUT2D eigenvalue weighted by molar-refractivity contribution is 5.71. The number of hydrogen-bond acceptors (Lipinski definition) is 6. The molecule has 1 unspecified atom stereocenters. The summed E-state index contributed by atoms with van der Waals surface area (Å²) >= 11 is 0. The van der Waals surface area contributed by atoms with Gasteiger partial charge in [-0.15, -0.1) is 0 Å². The number of allylic oxidation sites excluding steroid dienone is 26. The van der Waals surface area contributed by atoms with Crippen molar-refractivity contribution >= 4 is 17.9 Å². The number of rotatable bonds is 55. The van der Waals surface area contributed by atoms with Crippen LogP contribution in [-0.4, -0.2) is 37.2 Å². The Balaban J connectivity index is 4.59. The summed E-state index contributed by atoms with van der Waals surface area (Å²) in [5.41, 5.74) is 0. The molecule has 0 radical (unpaired) electrons. The van der Waals surface area contributed by atoms with Gasteiger partial charge in [-0.05, 0) is 148 Å². The third kappa shape index (κ3) is 61.9. The number of hydrogen-bond donors (Lipinski definition) is 0. The molecule has 1 atom stereocenters. The van der Waals surface area contributed by atoms with Crippen molar-refractivity contribution in [1.82, 2.24) is 0 Å². The van der Waals surface area contributed by atoms with Gasteiger partial charge in [-0.2, -0.15) is 0 Å². The van der Waals surface area contributed by atoms with Crippen molar-refractivity contribution in [1.29, 1.82) is 0 Å². The van der Waals surface area contributed by atoms with Gasteiger partial charge in [0.2, 0.25) is 0 Å². The summed E-state index contributed by atoms with van der Waals surface area (Å²) in [6.07, 6.45) is 93.8. The molecule has 0 aliphatic rings. The molecule has 0 saturated heterocycles. The van der Waals surface area contributed by atoms with Crippen LogP contribution in [0, 0.1) is 0 Å². The SMILES string of the molecule is CC/C=C\C/C=C\C/C=C\C/C=C\C/C=C\C/C=C\CCCCC(=O)OCC(COC(=O)CCCCCCCCC/C=C\CCCCCCCCC)OC(=O)CCCC/C=C\C/C=C\C/C=C\C/C=C\C/C=C\C/C=C\CC. The van der Waals surface area contributed by atoms with Crippen LogP contribution in [0.5, 0.6) is 0 Å². The van der Waals surface area contributed by atoms with Crippen molar-refractivity contribution in [2.24, 2.45) is 0 Å². The maximum absolute atomic E-state index is 12.9. The van der Waals surface area contributed by atoms with Gasteiger partial charge in [-0.3, -0.25) is 14.4 Å². The molecule has 0 saturated carbocycles. The van der Waals surface area contributed by atoms with Gasteiger partial charge in [0, 0.05) is 19.3 Å². The third-order valence-electron chi connectivity index (χ3n) is 12.7. The zero-order valence-electron chi connectivity index (χ0n) is 50.1. The summed E-state index contributed by atoms with van der Waals surface area (Å²) < 4.78 is 16.8. The van der Waals surface area contributed by atoms with E-state index in [1.165, 1.54) is 83.5 Å². The fraction of sp³-hybridized carbons (Fsp3) is 0.597. The number of ether oxygens (including phenoxy) is 3. The zero-order chi connectivity index (χ0) is 56.4.